The largest absolute Gasteiger partial charge is 0.481 e. The van der Waals surface area contributed by atoms with Gasteiger partial charge >= 0.3 is 5.97 Å². The lowest BCUT2D eigenvalue weighted by Gasteiger charge is -2.05. The Hall–Kier alpha value is -1.05. The first-order valence-corrected chi connectivity index (χ1v) is 7.80. The van der Waals surface area contributed by atoms with E-state index in [2.05, 4.69) is 10.2 Å². The summed E-state index contributed by atoms with van der Waals surface area (Å²) in [6, 6.07) is 0. The lowest BCUT2D eigenvalue weighted by molar-refractivity contribution is -0.133. The summed E-state index contributed by atoms with van der Waals surface area (Å²) in [6.45, 7) is 4.57. The van der Waals surface area contributed by atoms with Crippen molar-refractivity contribution in [2.24, 2.45) is 0 Å². The van der Waals surface area contributed by atoms with E-state index in [4.69, 9.17) is 16.7 Å². The Bertz CT molecular complexity index is 609. The SMILES string of the molecule is CCn1c(SCC(=O)O)nnc1-c1scc(C)c1Cl. The third-order valence-corrected chi connectivity index (χ3v) is 5.10. The maximum absolute atomic E-state index is 10.6. The monoisotopic (exact) mass is 317 g/mol. The Morgan fingerprint density at radius 1 is 1.58 bits per heavy atom. The van der Waals surface area contributed by atoms with Gasteiger partial charge < -0.3 is 9.67 Å². The zero-order valence-electron chi connectivity index (χ0n) is 10.4. The molecule has 0 aliphatic heterocycles. The zero-order chi connectivity index (χ0) is 14.0. The molecule has 0 unspecified atom stereocenters. The summed E-state index contributed by atoms with van der Waals surface area (Å²) in [5.41, 5.74) is 1.01. The summed E-state index contributed by atoms with van der Waals surface area (Å²) in [6.07, 6.45) is 0. The number of carboxylic acid groups (broad SMARTS) is 1. The molecule has 0 aliphatic rings. The second-order valence-corrected chi connectivity index (χ2v) is 5.99. The predicted octanol–water partition coefficient (Wildman–Crippen LogP) is 3.17. The third kappa shape index (κ3) is 2.93. The molecule has 2 heterocycles. The molecule has 0 aliphatic carbocycles. The molecule has 0 fully saturated rings. The van der Waals surface area contributed by atoms with Crippen LogP contribution in [0.2, 0.25) is 5.02 Å². The molecular weight excluding hydrogens is 306 g/mol. The number of nitrogens with zero attached hydrogens (tertiary/aromatic N) is 3. The standard InChI is InChI=1S/C11H12ClN3O2S2/c1-3-15-10(9-8(12)6(2)4-18-9)13-14-11(15)19-5-7(16)17/h4H,3,5H2,1-2H3,(H,16,17). The van der Waals surface area contributed by atoms with Gasteiger partial charge in [0.05, 0.1) is 15.7 Å². The number of aliphatic carboxylic acids is 1. The fourth-order valence-electron chi connectivity index (χ4n) is 1.56. The first-order valence-electron chi connectivity index (χ1n) is 5.56. The molecule has 0 atom stereocenters. The highest BCUT2D eigenvalue weighted by molar-refractivity contribution is 7.99. The molecule has 2 aromatic heterocycles. The van der Waals surface area contributed by atoms with E-state index in [0.717, 1.165) is 22.2 Å². The number of aryl methyl sites for hydroxylation is 1. The van der Waals surface area contributed by atoms with E-state index < -0.39 is 5.97 Å². The number of thiophene rings is 1. The molecule has 1 N–H and O–H groups in total. The van der Waals surface area contributed by atoms with E-state index in [1.54, 1.807) is 0 Å². The summed E-state index contributed by atoms with van der Waals surface area (Å²) in [4.78, 5) is 11.5. The highest BCUT2D eigenvalue weighted by Gasteiger charge is 2.18. The van der Waals surface area contributed by atoms with Crippen LogP contribution in [0.1, 0.15) is 12.5 Å². The van der Waals surface area contributed by atoms with Gasteiger partial charge in [-0.2, -0.15) is 0 Å². The van der Waals surface area contributed by atoms with Crippen LogP contribution in [-0.4, -0.2) is 31.6 Å². The van der Waals surface area contributed by atoms with Crippen LogP contribution in [0.5, 0.6) is 0 Å². The quantitative estimate of drug-likeness (QED) is 0.858. The number of halogens is 1. The zero-order valence-corrected chi connectivity index (χ0v) is 12.8. The number of hydrogen-bond donors (Lipinski definition) is 1. The molecule has 0 spiro atoms. The first-order chi connectivity index (χ1) is 9.04. The molecule has 0 amide bonds. The van der Waals surface area contributed by atoms with E-state index in [9.17, 15) is 4.79 Å². The van der Waals surface area contributed by atoms with E-state index in [0.29, 0.717) is 22.5 Å². The third-order valence-electron chi connectivity index (χ3n) is 2.46. The molecule has 5 nitrogen and oxygen atoms in total. The highest BCUT2D eigenvalue weighted by atomic mass is 35.5. The highest BCUT2D eigenvalue weighted by Crippen LogP contribution is 2.36. The molecule has 2 rings (SSSR count). The van der Waals surface area contributed by atoms with E-state index >= 15 is 0 Å². The van der Waals surface area contributed by atoms with Crippen molar-refractivity contribution in [2.75, 3.05) is 5.75 Å². The molecule has 0 bridgehead atoms. The minimum atomic E-state index is -0.873. The molecule has 0 aromatic carbocycles. The van der Waals surface area contributed by atoms with Gasteiger partial charge in [-0.25, -0.2) is 0 Å². The predicted molar refractivity (Wildman–Crippen MR) is 77.1 cm³/mol. The van der Waals surface area contributed by atoms with Gasteiger partial charge in [-0.05, 0) is 24.8 Å². The van der Waals surface area contributed by atoms with Crippen LogP contribution in [0.15, 0.2) is 10.5 Å². The Balaban J connectivity index is 2.37. The molecular formula is C11H12ClN3O2S2. The van der Waals surface area contributed by atoms with Gasteiger partial charge in [0.1, 0.15) is 0 Å². The smallest absolute Gasteiger partial charge is 0.313 e. The van der Waals surface area contributed by atoms with Crippen LogP contribution in [0, 0.1) is 6.92 Å². The molecule has 102 valence electrons. The molecule has 2 aromatic rings. The molecule has 0 radical (unpaired) electrons. The van der Waals surface area contributed by atoms with Gasteiger partial charge in [-0.15, -0.1) is 21.5 Å². The number of carboxylic acids is 1. The van der Waals surface area contributed by atoms with Crippen molar-refractivity contribution in [2.45, 2.75) is 25.5 Å². The Morgan fingerprint density at radius 2 is 2.32 bits per heavy atom. The second kappa shape index (κ2) is 5.94. The first kappa shape index (κ1) is 14.4. The van der Waals surface area contributed by atoms with Crippen LogP contribution in [0.25, 0.3) is 10.7 Å². The van der Waals surface area contributed by atoms with Crippen molar-refractivity contribution in [3.05, 3.63) is 16.0 Å². The second-order valence-electron chi connectivity index (χ2n) is 3.79. The molecule has 8 heteroatoms. The van der Waals surface area contributed by atoms with Crippen molar-refractivity contribution >= 4 is 40.7 Å². The summed E-state index contributed by atoms with van der Waals surface area (Å²) < 4.78 is 1.88. The maximum Gasteiger partial charge on any atom is 0.313 e. The van der Waals surface area contributed by atoms with Crippen molar-refractivity contribution in [3.63, 3.8) is 0 Å². The van der Waals surface area contributed by atoms with Crippen LogP contribution < -0.4 is 0 Å². The normalized spacial score (nSPS) is 10.9. The number of thioether (sulfide) groups is 1. The average Bonchev–Trinajstić information content (AvgIpc) is 2.91. The van der Waals surface area contributed by atoms with Crippen LogP contribution in [-0.2, 0) is 11.3 Å². The van der Waals surface area contributed by atoms with Crippen LogP contribution >= 0.6 is 34.7 Å². The minimum absolute atomic E-state index is 0.0324. The Labute approximate surface area is 123 Å². The minimum Gasteiger partial charge on any atom is -0.481 e. The van der Waals surface area contributed by atoms with Gasteiger partial charge in [0, 0.05) is 6.54 Å². The summed E-state index contributed by atoms with van der Waals surface area (Å²) in [5.74, 6) is -0.212. The fraction of sp³-hybridized carbons (Fsp3) is 0.364. The Kier molecular flexibility index (Phi) is 4.49. The molecule has 0 saturated heterocycles. The van der Waals surface area contributed by atoms with Crippen LogP contribution in [0.4, 0.5) is 0 Å². The summed E-state index contributed by atoms with van der Waals surface area (Å²) in [7, 11) is 0. The van der Waals surface area contributed by atoms with Gasteiger partial charge in [0.2, 0.25) is 0 Å². The van der Waals surface area contributed by atoms with Crippen LogP contribution in [0.3, 0.4) is 0 Å². The molecule has 0 saturated carbocycles. The van der Waals surface area contributed by atoms with E-state index in [1.807, 2.05) is 23.8 Å². The number of hydrogen-bond acceptors (Lipinski definition) is 5. The molecule has 19 heavy (non-hydrogen) atoms. The van der Waals surface area contributed by atoms with Gasteiger partial charge in [-0.3, -0.25) is 4.79 Å². The van der Waals surface area contributed by atoms with E-state index in [-0.39, 0.29) is 5.75 Å². The van der Waals surface area contributed by atoms with Gasteiger partial charge in [0.25, 0.3) is 0 Å². The number of aromatic nitrogens is 3. The Morgan fingerprint density at radius 3 is 2.84 bits per heavy atom. The topological polar surface area (TPSA) is 68.0 Å². The summed E-state index contributed by atoms with van der Waals surface area (Å²) in [5, 5.41) is 20.1. The number of rotatable bonds is 5. The lowest BCUT2D eigenvalue weighted by atomic mass is 10.3. The van der Waals surface area contributed by atoms with Gasteiger partial charge in [-0.1, -0.05) is 23.4 Å². The summed E-state index contributed by atoms with van der Waals surface area (Å²) >= 11 is 8.91. The average molecular weight is 318 g/mol. The van der Waals surface area contributed by atoms with Crippen molar-refractivity contribution < 1.29 is 9.90 Å². The maximum atomic E-state index is 10.6. The fourth-order valence-corrected chi connectivity index (χ4v) is 3.55. The van der Waals surface area contributed by atoms with Crippen molar-refractivity contribution in [3.8, 4) is 10.7 Å². The lowest BCUT2D eigenvalue weighted by Crippen LogP contribution is -2.03. The van der Waals surface area contributed by atoms with Crippen molar-refractivity contribution in [1.82, 2.24) is 14.8 Å². The number of carbonyl (C=O) groups is 1. The van der Waals surface area contributed by atoms with Gasteiger partial charge in [0.15, 0.2) is 11.0 Å². The van der Waals surface area contributed by atoms with E-state index in [1.165, 1.54) is 11.3 Å². The van der Waals surface area contributed by atoms with Crippen molar-refractivity contribution in [1.29, 1.82) is 0 Å².